The maximum atomic E-state index is 12.7. The Bertz CT molecular complexity index is 799. The van der Waals surface area contributed by atoms with Crippen LogP contribution >= 0.6 is 11.8 Å². The molecule has 0 bridgehead atoms. The predicted octanol–water partition coefficient (Wildman–Crippen LogP) is 4.50. The number of fused-ring (bicyclic) bond motifs is 1. The van der Waals surface area contributed by atoms with Crippen molar-refractivity contribution in [3.63, 3.8) is 0 Å². The van der Waals surface area contributed by atoms with E-state index >= 15 is 0 Å². The summed E-state index contributed by atoms with van der Waals surface area (Å²) < 4.78 is 5.95. The fraction of sp³-hybridized carbons (Fsp3) is 0.435. The maximum absolute atomic E-state index is 12.7. The molecule has 4 nitrogen and oxygen atoms in total. The smallest absolute Gasteiger partial charge is 0.228 e. The summed E-state index contributed by atoms with van der Waals surface area (Å²) >= 11 is 1.84. The number of carbonyl (C=O) groups is 1. The fourth-order valence-corrected chi connectivity index (χ4v) is 4.66. The van der Waals surface area contributed by atoms with Crippen molar-refractivity contribution in [1.29, 1.82) is 0 Å². The number of nitrogens with zero attached hydrogens (tertiary/aromatic N) is 1. The van der Waals surface area contributed by atoms with Crippen LogP contribution in [0.2, 0.25) is 0 Å². The van der Waals surface area contributed by atoms with Crippen molar-refractivity contribution < 1.29 is 9.53 Å². The quantitative estimate of drug-likeness (QED) is 0.697. The zero-order valence-electron chi connectivity index (χ0n) is 17.1. The van der Waals surface area contributed by atoms with Crippen LogP contribution < -0.4 is 15.0 Å². The maximum Gasteiger partial charge on any atom is 0.228 e. The van der Waals surface area contributed by atoms with Gasteiger partial charge in [-0.3, -0.25) is 4.79 Å². The molecule has 28 heavy (non-hydrogen) atoms. The van der Waals surface area contributed by atoms with Crippen LogP contribution in [-0.2, 0) is 4.79 Å². The number of nitrogens with one attached hydrogen (secondary N) is 1. The van der Waals surface area contributed by atoms with Gasteiger partial charge in [0.05, 0.1) is 5.69 Å². The predicted molar refractivity (Wildman–Crippen MR) is 118 cm³/mol. The Morgan fingerprint density at radius 1 is 1.14 bits per heavy atom. The second kappa shape index (κ2) is 9.99. The Labute approximate surface area is 172 Å². The number of anilines is 1. The van der Waals surface area contributed by atoms with Gasteiger partial charge in [-0.15, -0.1) is 11.8 Å². The van der Waals surface area contributed by atoms with Crippen molar-refractivity contribution in [2.75, 3.05) is 36.9 Å². The minimum absolute atomic E-state index is 0.189. The first-order valence-electron chi connectivity index (χ1n) is 10.00. The molecule has 150 valence electrons. The normalized spacial score (nSPS) is 13.8. The Morgan fingerprint density at radius 3 is 2.68 bits per heavy atom. The van der Waals surface area contributed by atoms with Crippen LogP contribution in [0.25, 0.3) is 0 Å². The van der Waals surface area contributed by atoms with Crippen molar-refractivity contribution in [3.8, 4) is 5.75 Å². The molecule has 0 saturated carbocycles. The van der Waals surface area contributed by atoms with E-state index in [0.29, 0.717) is 19.6 Å². The molecule has 0 aliphatic carbocycles. The number of benzene rings is 2. The number of hydrogen-bond acceptors (Lipinski definition) is 4. The summed E-state index contributed by atoms with van der Waals surface area (Å²) in [4.78, 5) is 15.9. The summed E-state index contributed by atoms with van der Waals surface area (Å²) in [7, 11) is 0. The van der Waals surface area contributed by atoms with Crippen molar-refractivity contribution in [3.05, 3.63) is 53.1 Å². The largest absolute Gasteiger partial charge is 0.492 e. The minimum Gasteiger partial charge on any atom is -0.492 e. The Morgan fingerprint density at radius 2 is 1.89 bits per heavy atom. The van der Waals surface area contributed by atoms with Gasteiger partial charge in [0.2, 0.25) is 5.91 Å². The summed E-state index contributed by atoms with van der Waals surface area (Å²) in [5, 5.41) is 3.34. The van der Waals surface area contributed by atoms with Crippen LogP contribution in [0.15, 0.2) is 41.3 Å². The summed E-state index contributed by atoms with van der Waals surface area (Å²) in [6.45, 7) is 9.06. The average molecular weight is 399 g/mol. The standard InChI is InChI=1S/C23H30N2O2S/c1-17-15-18(2)23(19(3)16-17)27-13-11-24-10-9-22(26)25-12-6-14-28-21-8-5-4-7-20(21)25/h4-5,7-8,15-16,24H,6,9-14H2,1-3H3. The van der Waals surface area contributed by atoms with Gasteiger partial charge in [-0.25, -0.2) is 0 Å². The molecule has 1 amide bonds. The molecule has 0 spiro atoms. The van der Waals surface area contributed by atoms with Gasteiger partial charge < -0.3 is 15.0 Å². The van der Waals surface area contributed by atoms with E-state index in [1.165, 1.54) is 21.6 Å². The highest BCUT2D eigenvalue weighted by molar-refractivity contribution is 7.99. The Kier molecular flexibility index (Phi) is 7.40. The molecule has 1 aliphatic heterocycles. The fourth-order valence-electron chi connectivity index (χ4n) is 3.66. The monoisotopic (exact) mass is 398 g/mol. The summed E-state index contributed by atoms with van der Waals surface area (Å²) in [5.74, 6) is 2.23. The van der Waals surface area contributed by atoms with Crippen LogP contribution in [0.3, 0.4) is 0 Å². The van der Waals surface area contributed by atoms with E-state index in [0.717, 1.165) is 36.7 Å². The number of ether oxygens (including phenoxy) is 1. The second-order valence-electron chi connectivity index (χ2n) is 7.29. The molecule has 5 heteroatoms. The lowest BCUT2D eigenvalue weighted by Gasteiger charge is -2.22. The number of aryl methyl sites for hydroxylation is 3. The summed E-state index contributed by atoms with van der Waals surface area (Å²) in [6, 6.07) is 12.5. The lowest BCUT2D eigenvalue weighted by molar-refractivity contribution is -0.118. The first kappa shape index (κ1) is 20.7. The van der Waals surface area contributed by atoms with Gasteiger partial charge in [-0.05, 0) is 56.2 Å². The third kappa shape index (κ3) is 5.30. The molecule has 0 aromatic heterocycles. The number of thioether (sulfide) groups is 1. The molecular weight excluding hydrogens is 368 g/mol. The Hall–Kier alpha value is -1.98. The second-order valence-corrected chi connectivity index (χ2v) is 8.43. The van der Waals surface area contributed by atoms with Crippen LogP contribution in [0.5, 0.6) is 5.75 Å². The molecule has 1 aliphatic rings. The number of carbonyl (C=O) groups excluding carboxylic acids is 1. The Balaban J connectivity index is 1.43. The number of rotatable bonds is 7. The van der Waals surface area contributed by atoms with Crippen LogP contribution in [0.1, 0.15) is 29.5 Å². The van der Waals surface area contributed by atoms with E-state index in [4.69, 9.17) is 4.74 Å². The molecule has 2 aromatic carbocycles. The highest BCUT2D eigenvalue weighted by Gasteiger charge is 2.20. The molecule has 0 atom stereocenters. The van der Waals surface area contributed by atoms with Gasteiger partial charge in [-0.2, -0.15) is 0 Å². The topological polar surface area (TPSA) is 41.6 Å². The van der Waals surface area contributed by atoms with Crippen LogP contribution in [0, 0.1) is 20.8 Å². The lowest BCUT2D eigenvalue weighted by atomic mass is 10.1. The SMILES string of the molecule is Cc1cc(C)c(OCCNCCC(=O)N2CCCSc3ccccc32)c(C)c1. The summed E-state index contributed by atoms with van der Waals surface area (Å²) in [5.41, 5.74) is 4.66. The molecule has 1 N–H and O–H groups in total. The number of para-hydroxylation sites is 1. The average Bonchev–Trinajstić information content (AvgIpc) is 2.88. The molecular formula is C23H30N2O2S. The van der Waals surface area contributed by atoms with Crippen LogP contribution in [-0.4, -0.2) is 37.9 Å². The van der Waals surface area contributed by atoms with E-state index in [9.17, 15) is 4.79 Å². The molecule has 2 aromatic rings. The van der Waals surface area contributed by atoms with Gasteiger partial charge in [-0.1, -0.05) is 29.8 Å². The van der Waals surface area contributed by atoms with Crippen molar-refractivity contribution >= 4 is 23.4 Å². The molecule has 1 heterocycles. The zero-order valence-corrected chi connectivity index (χ0v) is 17.9. The molecule has 0 unspecified atom stereocenters. The van der Waals surface area contributed by atoms with E-state index in [2.05, 4.69) is 50.4 Å². The molecule has 0 saturated heterocycles. The van der Waals surface area contributed by atoms with Gasteiger partial charge >= 0.3 is 0 Å². The van der Waals surface area contributed by atoms with E-state index < -0.39 is 0 Å². The van der Waals surface area contributed by atoms with E-state index in [-0.39, 0.29) is 5.91 Å². The third-order valence-electron chi connectivity index (χ3n) is 4.89. The first-order valence-corrected chi connectivity index (χ1v) is 11.0. The van der Waals surface area contributed by atoms with Crippen molar-refractivity contribution in [2.24, 2.45) is 0 Å². The van der Waals surface area contributed by atoms with E-state index in [1.54, 1.807) is 0 Å². The molecule has 0 radical (unpaired) electrons. The van der Waals surface area contributed by atoms with Crippen molar-refractivity contribution in [1.82, 2.24) is 5.32 Å². The van der Waals surface area contributed by atoms with Gasteiger partial charge in [0.15, 0.2) is 0 Å². The van der Waals surface area contributed by atoms with E-state index in [1.807, 2.05) is 28.8 Å². The highest BCUT2D eigenvalue weighted by Crippen LogP contribution is 2.33. The molecule has 3 rings (SSSR count). The third-order valence-corrected chi connectivity index (χ3v) is 6.04. The van der Waals surface area contributed by atoms with Gasteiger partial charge in [0.25, 0.3) is 0 Å². The van der Waals surface area contributed by atoms with Crippen LogP contribution in [0.4, 0.5) is 5.69 Å². The summed E-state index contributed by atoms with van der Waals surface area (Å²) in [6.07, 6.45) is 1.53. The van der Waals surface area contributed by atoms with Crippen molar-refractivity contribution in [2.45, 2.75) is 38.5 Å². The van der Waals surface area contributed by atoms with Gasteiger partial charge in [0.1, 0.15) is 12.4 Å². The zero-order chi connectivity index (χ0) is 19.9. The van der Waals surface area contributed by atoms with Gasteiger partial charge in [0, 0.05) is 31.0 Å². The first-order chi connectivity index (χ1) is 13.6. The highest BCUT2D eigenvalue weighted by atomic mass is 32.2. The number of amides is 1. The minimum atomic E-state index is 0.189. The number of hydrogen-bond donors (Lipinski definition) is 1. The molecule has 0 fully saturated rings. The lowest BCUT2D eigenvalue weighted by Crippen LogP contribution is -2.34.